The highest BCUT2D eigenvalue weighted by atomic mass is 32.2. The van der Waals surface area contributed by atoms with Crippen LogP contribution in [0.15, 0.2) is 58.8 Å². The molecule has 1 amide bonds. The maximum Gasteiger partial charge on any atom is 0.255 e. The van der Waals surface area contributed by atoms with Gasteiger partial charge in [-0.3, -0.25) is 4.79 Å². The van der Waals surface area contributed by atoms with Crippen LogP contribution in [-0.2, 0) is 19.9 Å². The summed E-state index contributed by atoms with van der Waals surface area (Å²) < 4.78 is 50.9. The summed E-state index contributed by atoms with van der Waals surface area (Å²) in [7, 11) is -7.18. The summed E-state index contributed by atoms with van der Waals surface area (Å²) in [5, 5.41) is 5.68. The van der Waals surface area contributed by atoms with Gasteiger partial charge >= 0.3 is 0 Å². The van der Waals surface area contributed by atoms with E-state index in [4.69, 9.17) is 0 Å². The molecule has 32 heavy (non-hydrogen) atoms. The van der Waals surface area contributed by atoms with Crippen LogP contribution in [0.1, 0.15) is 21.8 Å². The van der Waals surface area contributed by atoms with Crippen molar-refractivity contribution in [3.63, 3.8) is 0 Å². The van der Waals surface area contributed by atoms with E-state index in [2.05, 4.69) is 15.0 Å². The number of carbonyl (C=O) groups excluding carboxylic acids is 1. The molecule has 0 aliphatic carbocycles. The fourth-order valence-electron chi connectivity index (χ4n) is 3.40. The Hall–Kier alpha value is -2.60. The van der Waals surface area contributed by atoms with Crippen molar-refractivity contribution in [3.05, 3.63) is 64.5 Å². The van der Waals surface area contributed by atoms with Crippen LogP contribution in [0.5, 0.6) is 0 Å². The first-order valence-corrected chi connectivity index (χ1v) is 14.0. The van der Waals surface area contributed by atoms with Crippen LogP contribution in [-0.4, -0.2) is 45.3 Å². The third kappa shape index (κ3) is 5.23. The highest BCUT2D eigenvalue weighted by Gasteiger charge is 2.31. The fraction of sp³-hybridized carbons (Fsp3) is 0.238. The molecule has 1 fully saturated rings. The zero-order chi connectivity index (χ0) is 22.9. The minimum atomic E-state index is -3.96. The Morgan fingerprint density at radius 3 is 2.53 bits per heavy atom. The summed E-state index contributed by atoms with van der Waals surface area (Å²) in [6.45, 7) is 1.93. The molecule has 1 atom stereocenters. The number of hydrogen-bond donors (Lipinski definition) is 2. The van der Waals surface area contributed by atoms with Gasteiger partial charge in [0.2, 0.25) is 10.0 Å². The molecule has 1 saturated heterocycles. The number of aromatic nitrogens is 1. The van der Waals surface area contributed by atoms with Gasteiger partial charge < -0.3 is 5.32 Å². The molecule has 1 aliphatic heterocycles. The third-order valence-corrected chi connectivity index (χ3v) is 9.08. The molecule has 3 aromatic rings. The summed E-state index contributed by atoms with van der Waals surface area (Å²) in [5.74, 6) is -0.713. The largest absolute Gasteiger partial charge is 0.322 e. The van der Waals surface area contributed by atoms with Gasteiger partial charge in [-0.25, -0.2) is 26.5 Å². The second-order valence-electron chi connectivity index (χ2n) is 7.53. The van der Waals surface area contributed by atoms with Gasteiger partial charge in [-0.2, -0.15) is 0 Å². The Bertz CT molecular complexity index is 1360. The van der Waals surface area contributed by atoms with Crippen LogP contribution < -0.4 is 10.0 Å². The molecule has 168 valence electrons. The number of carbonyl (C=O) groups is 1. The van der Waals surface area contributed by atoms with Gasteiger partial charge in [0, 0.05) is 28.2 Å². The number of anilines is 1. The number of thiazole rings is 1. The zero-order valence-corrected chi connectivity index (χ0v) is 19.6. The lowest BCUT2D eigenvalue weighted by Crippen LogP contribution is -2.35. The average molecular weight is 492 g/mol. The molecular weight excluding hydrogens is 470 g/mol. The lowest BCUT2D eigenvalue weighted by Gasteiger charge is -2.12. The predicted molar refractivity (Wildman–Crippen MR) is 124 cm³/mol. The highest BCUT2D eigenvalue weighted by Crippen LogP contribution is 2.23. The summed E-state index contributed by atoms with van der Waals surface area (Å²) in [5.41, 5.74) is 2.53. The summed E-state index contributed by atoms with van der Waals surface area (Å²) in [6.07, 6.45) is 0.234. The van der Waals surface area contributed by atoms with Gasteiger partial charge in [-0.05, 0) is 43.7 Å². The van der Waals surface area contributed by atoms with E-state index in [1.165, 1.54) is 24.3 Å². The molecule has 0 radical (unpaired) electrons. The third-order valence-electron chi connectivity index (χ3n) is 5.02. The van der Waals surface area contributed by atoms with Crippen LogP contribution in [0.2, 0.25) is 0 Å². The highest BCUT2D eigenvalue weighted by molar-refractivity contribution is 7.92. The van der Waals surface area contributed by atoms with Crippen molar-refractivity contribution >= 4 is 42.8 Å². The van der Waals surface area contributed by atoms with E-state index >= 15 is 0 Å². The molecule has 4 rings (SSSR count). The number of sulfone groups is 1. The maximum absolute atomic E-state index is 12.7. The Balaban J connectivity index is 1.46. The van der Waals surface area contributed by atoms with E-state index in [1.807, 2.05) is 24.4 Å². The standard InChI is InChI=1S/C21H21N3O5S3/c1-14-22-20(12-30-14)15-5-7-17(8-6-15)23-21(25)16-3-2-4-19(11-16)32(28,29)24-18-9-10-31(26,27)13-18/h2-8,11-12,18,24H,9-10,13H2,1H3,(H,23,25). The van der Waals surface area contributed by atoms with E-state index in [9.17, 15) is 21.6 Å². The van der Waals surface area contributed by atoms with Crippen LogP contribution in [0.3, 0.4) is 0 Å². The summed E-state index contributed by atoms with van der Waals surface area (Å²) in [4.78, 5) is 17.0. The Kier molecular flexibility index (Phi) is 6.17. The minimum absolute atomic E-state index is 0.0382. The lowest BCUT2D eigenvalue weighted by atomic mass is 10.1. The Morgan fingerprint density at radius 2 is 1.91 bits per heavy atom. The maximum atomic E-state index is 12.7. The SMILES string of the molecule is Cc1nc(-c2ccc(NC(=O)c3cccc(S(=O)(=O)NC4CCS(=O)(=O)C4)c3)cc2)cs1. The summed E-state index contributed by atoms with van der Waals surface area (Å²) in [6, 6.07) is 12.2. The van der Waals surface area contributed by atoms with Crippen molar-refractivity contribution in [2.75, 3.05) is 16.8 Å². The van der Waals surface area contributed by atoms with E-state index in [1.54, 1.807) is 23.5 Å². The second kappa shape index (κ2) is 8.74. The molecule has 1 aromatic heterocycles. The minimum Gasteiger partial charge on any atom is -0.322 e. The predicted octanol–water partition coefficient (Wildman–Crippen LogP) is 2.84. The molecule has 8 nitrogen and oxygen atoms in total. The molecule has 2 heterocycles. The average Bonchev–Trinajstić information content (AvgIpc) is 3.33. The molecule has 0 bridgehead atoms. The van der Waals surface area contributed by atoms with E-state index in [0.29, 0.717) is 5.69 Å². The van der Waals surface area contributed by atoms with Crippen LogP contribution in [0.25, 0.3) is 11.3 Å². The first-order chi connectivity index (χ1) is 15.1. The van der Waals surface area contributed by atoms with Crippen LogP contribution in [0, 0.1) is 6.92 Å². The molecule has 0 spiro atoms. The molecule has 2 aromatic carbocycles. The quantitative estimate of drug-likeness (QED) is 0.547. The molecule has 1 aliphatic rings. The van der Waals surface area contributed by atoms with E-state index in [0.717, 1.165) is 16.3 Å². The Labute approximate surface area is 190 Å². The number of nitrogens with one attached hydrogen (secondary N) is 2. The van der Waals surface area contributed by atoms with Gasteiger partial charge in [0.05, 0.1) is 27.1 Å². The van der Waals surface area contributed by atoms with E-state index in [-0.39, 0.29) is 28.4 Å². The fourth-order valence-corrected chi connectivity index (χ4v) is 7.12. The second-order valence-corrected chi connectivity index (χ2v) is 12.5. The van der Waals surface area contributed by atoms with Gasteiger partial charge in [0.1, 0.15) is 0 Å². The lowest BCUT2D eigenvalue weighted by molar-refractivity contribution is 0.102. The van der Waals surface area contributed by atoms with Crippen LogP contribution >= 0.6 is 11.3 Å². The number of rotatable bonds is 6. The topological polar surface area (TPSA) is 122 Å². The van der Waals surface area contributed by atoms with Gasteiger partial charge in [0.15, 0.2) is 9.84 Å². The number of aryl methyl sites for hydroxylation is 1. The first kappa shape index (κ1) is 22.6. The number of hydrogen-bond acceptors (Lipinski definition) is 7. The zero-order valence-electron chi connectivity index (χ0n) is 17.1. The number of amides is 1. The van der Waals surface area contributed by atoms with Crippen molar-refractivity contribution < 1.29 is 21.6 Å². The number of sulfonamides is 1. The molecule has 0 saturated carbocycles. The monoisotopic (exact) mass is 491 g/mol. The van der Waals surface area contributed by atoms with Crippen molar-refractivity contribution in [2.24, 2.45) is 0 Å². The van der Waals surface area contributed by atoms with Crippen molar-refractivity contribution in [1.29, 1.82) is 0 Å². The van der Waals surface area contributed by atoms with Gasteiger partial charge in [-0.1, -0.05) is 18.2 Å². The molecule has 11 heteroatoms. The first-order valence-electron chi connectivity index (χ1n) is 9.78. The van der Waals surface area contributed by atoms with Gasteiger partial charge in [-0.15, -0.1) is 11.3 Å². The number of benzene rings is 2. The van der Waals surface area contributed by atoms with Crippen molar-refractivity contribution in [2.45, 2.75) is 24.3 Å². The number of nitrogens with zero attached hydrogens (tertiary/aromatic N) is 1. The normalized spacial score (nSPS) is 17.8. The van der Waals surface area contributed by atoms with Crippen molar-refractivity contribution in [3.8, 4) is 11.3 Å². The Morgan fingerprint density at radius 1 is 1.16 bits per heavy atom. The summed E-state index contributed by atoms with van der Waals surface area (Å²) >= 11 is 1.56. The molecular formula is C21H21N3O5S3. The van der Waals surface area contributed by atoms with Crippen molar-refractivity contribution in [1.82, 2.24) is 9.71 Å². The molecule has 2 N–H and O–H groups in total. The molecule has 1 unspecified atom stereocenters. The van der Waals surface area contributed by atoms with Gasteiger partial charge in [0.25, 0.3) is 5.91 Å². The van der Waals surface area contributed by atoms with Crippen LogP contribution in [0.4, 0.5) is 5.69 Å². The smallest absolute Gasteiger partial charge is 0.255 e. The van der Waals surface area contributed by atoms with E-state index < -0.39 is 31.8 Å².